The maximum Gasteiger partial charge on any atom is 0.243 e. The lowest BCUT2D eigenvalue weighted by molar-refractivity contribution is -0.116. The molecule has 2 heterocycles. The van der Waals surface area contributed by atoms with Crippen LogP contribution in [-0.4, -0.2) is 42.8 Å². The van der Waals surface area contributed by atoms with E-state index in [1.54, 1.807) is 12.1 Å². The Morgan fingerprint density at radius 1 is 1.12 bits per heavy atom. The molecule has 1 aliphatic rings. The molecule has 0 saturated carbocycles. The van der Waals surface area contributed by atoms with Gasteiger partial charge >= 0.3 is 0 Å². The number of benzene rings is 2. The molecule has 1 saturated heterocycles. The van der Waals surface area contributed by atoms with Gasteiger partial charge in [0.15, 0.2) is 0 Å². The van der Waals surface area contributed by atoms with Gasteiger partial charge in [-0.1, -0.05) is 24.6 Å². The number of aryl methyl sites for hydroxylation is 1. The number of hydrogen-bond donors (Lipinski definition) is 2. The minimum absolute atomic E-state index is 0.114. The standard InChI is InChI=1S/C25H31N3O4S/c1-18(2)32-24-12-11-20(33(30,31)28-14-6-3-7-15-28)16-23(24)27-25(29)13-10-19-17-26-22-9-5-4-8-21(19)22/h4-5,8-9,11-12,16-18,26H,3,6-7,10,13-15H2,1-2H3,(H,27,29). The van der Waals surface area contributed by atoms with E-state index in [1.165, 1.54) is 10.4 Å². The van der Waals surface area contributed by atoms with Crippen molar-refractivity contribution in [2.24, 2.45) is 0 Å². The number of carbonyl (C=O) groups excluding carboxylic acids is 1. The number of sulfonamides is 1. The lowest BCUT2D eigenvalue weighted by Crippen LogP contribution is -2.35. The van der Waals surface area contributed by atoms with E-state index in [1.807, 2.05) is 44.3 Å². The predicted molar refractivity (Wildman–Crippen MR) is 130 cm³/mol. The Bertz CT molecular complexity index is 1230. The number of nitrogens with zero attached hydrogens (tertiary/aromatic N) is 1. The van der Waals surface area contributed by atoms with Gasteiger partial charge in [-0.15, -0.1) is 0 Å². The van der Waals surface area contributed by atoms with Crippen LogP contribution in [0.15, 0.2) is 53.6 Å². The Labute approximate surface area is 195 Å². The lowest BCUT2D eigenvalue weighted by atomic mass is 10.1. The number of nitrogens with one attached hydrogen (secondary N) is 2. The predicted octanol–water partition coefficient (Wildman–Crippen LogP) is 4.70. The summed E-state index contributed by atoms with van der Waals surface area (Å²) >= 11 is 0. The van der Waals surface area contributed by atoms with E-state index < -0.39 is 10.0 Å². The molecule has 33 heavy (non-hydrogen) atoms. The van der Waals surface area contributed by atoms with Crippen LogP contribution < -0.4 is 10.1 Å². The molecule has 3 aromatic rings. The van der Waals surface area contributed by atoms with Crippen LogP contribution in [0.5, 0.6) is 5.75 Å². The number of amides is 1. The van der Waals surface area contributed by atoms with E-state index in [0.29, 0.717) is 30.9 Å². The summed E-state index contributed by atoms with van der Waals surface area (Å²) in [5.74, 6) is 0.268. The minimum Gasteiger partial charge on any atom is -0.489 e. The van der Waals surface area contributed by atoms with Crippen LogP contribution in [0, 0.1) is 0 Å². The second-order valence-electron chi connectivity index (χ2n) is 8.70. The fourth-order valence-corrected chi connectivity index (χ4v) is 5.72. The molecule has 8 heteroatoms. The number of aromatic amines is 1. The van der Waals surface area contributed by atoms with Gasteiger partial charge in [-0.25, -0.2) is 8.42 Å². The van der Waals surface area contributed by atoms with E-state index in [-0.39, 0.29) is 23.3 Å². The monoisotopic (exact) mass is 469 g/mol. The van der Waals surface area contributed by atoms with Crippen molar-refractivity contribution in [2.75, 3.05) is 18.4 Å². The summed E-state index contributed by atoms with van der Waals surface area (Å²) in [5.41, 5.74) is 2.49. The van der Waals surface area contributed by atoms with Crippen molar-refractivity contribution in [3.05, 3.63) is 54.2 Å². The molecule has 0 aliphatic carbocycles. The normalized spacial score (nSPS) is 15.1. The Balaban J connectivity index is 1.52. The Hall–Kier alpha value is -2.84. The molecule has 1 aromatic heterocycles. The fraction of sp³-hybridized carbons (Fsp3) is 0.400. The van der Waals surface area contributed by atoms with Gasteiger partial charge in [-0.3, -0.25) is 4.79 Å². The molecule has 176 valence electrons. The van der Waals surface area contributed by atoms with Crippen LogP contribution >= 0.6 is 0 Å². The molecule has 0 atom stereocenters. The van der Waals surface area contributed by atoms with E-state index in [9.17, 15) is 13.2 Å². The molecular formula is C25H31N3O4S. The van der Waals surface area contributed by atoms with Crippen molar-refractivity contribution >= 4 is 32.5 Å². The third-order valence-corrected chi connectivity index (χ3v) is 7.73. The van der Waals surface area contributed by atoms with Crippen molar-refractivity contribution in [2.45, 2.75) is 57.0 Å². The molecule has 0 radical (unpaired) electrons. The number of ether oxygens (including phenoxy) is 1. The molecule has 2 aromatic carbocycles. The molecule has 1 amide bonds. The fourth-order valence-electron chi connectivity index (χ4n) is 4.18. The summed E-state index contributed by atoms with van der Waals surface area (Å²) in [4.78, 5) is 16.2. The summed E-state index contributed by atoms with van der Waals surface area (Å²) in [7, 11) is -3.62. The van der Waals surface area contributed by atoms with Crippen LogP contribution in [0.25, 0.3) is 10.9 Å². The van der Waals surface area contributed by atoms with Crippen molar-refractivity contribution in [1.29, 1.82) is 0 Å². The van der Waals surface area contributed by atoms with E-state index in [4.69, 9.17) is 4.74 Å². The van der Waals surface area contributed by atoms with Crippen LogP contribution in [0.1, 0.15) is 45.1 Å². The van der Waals surface area contributed by atoms with Crippen LogP contribution in [-0.2, 0) is 21.2 Å². The quantitative estimate of drug-likeness (QED) is 0.500. The van der Waals surface area contributed by atoms with Gasteiger partial charge in [-0.05, 0) is 62.9 Å². The topological polar surface area (TPSA) is 91.5 Å². The zero-order valence-electron chi connectivity index (χ0n) is 19.1. The first-order valence-electron chi connectivity index (χ1n) is 11.5. The van der Waals surface area contributed by atoms with Crippen LogP contribution in [0.4, 0.5) is 5.69 Å². The molecular weight excluding hydrogens is 438 g/mol. The van der Waals surface area contributed by atoms with Crippen molar-refractivity contribution < 1.29 is 17.9 Å². The Morgan fingerprint density at radius 3 is 2.64 bits per heavy atom. The number of fused-ring (bicyclic) bond motifs is 1. The third kappa shape index (κ3) is 5.39. The summed E-state index contributed by atoms with van der Waals surface area (Å²) in [6, 6.07) is 12.7. The van der Waals surface area contributed by atoms with Gasteiger partial charge < -0.3 is 15.0 Å². The highest BCUT2D eigenvalue weighted by atomic mass is 32.2. The molecule has 0 spiro atoms. The van der Waals surface area contributed by atoms with Crippen molar-refractivity contribution in [3.63, 3.8) is 0 Å². The Morgan fingerprint density at radius 2 is 1.88 bits per heavy atom. The first-order chi connectivity index (χ1) is 15.8. The SMILES string of the molecule is CC(C)Oc1ccc(S(=O)(=O)N2CCCCC2)cc1NC(=O)CCc1c[nH]c2ccccc12. The van der Waals surface area contributed by atoms with Gasteiger partial charge in [0.05, 0.1) is 16.7 Å². The lowest BCUT2D eigenvalue weighted by Gasteiger charge is -2.26. The number of anilines is 1. The average molecular weight is 470 g/mol. The van der Waals surface area contributed by atoms with Gasteiger partial charge in [0.1, 0.15) is 5.75 Å². The van der Waals surface area contributed by atoms with Crippen molar-refractivity contribution in [3.8, 4) is 5.75 Å². The van der Waals surface area contributed by atoms with Gasteiger partial charge in [0.25, 0.3) is 0 Å². The highest BCUT2D eigenvalue weighted by Gasteiger charge is 2.27. The van der Waals surface area contributed by atoms with Gasteiger partial charge in [0.2, 0.25) is 15.9 Å². The third-order valence-electron chi connectivity index (χ3n) is 5.84. The first kappa shape index (κ1) is 23.3. The zero-order valence-corrected chi connectivity index (χ0v) is 20.0. The molecule has 7 nitrogen and oxygen atoms in total. The Kier molecular flexibility index (Phi) is 7.05. The smallest absolute Gasteiger partial charge is 0.243 e. The summed E-state index contributed by atoms with van der Waals surface area (Å²) < 4.78 is 33.6. The zero-order chi connectivity index (χ0) is 23.4. The number of rotatable bonds is 8. The number of piperidine rings is 1. The first-order valence-corrected chi connectivity index (χ1v) is 12.9. The van der Waals surface area contributed by atoms with Crippen LogP contribution in [0.2, 0.25) is 0 Å². The maximum absolute atomic E-state index is 13.1. The van der Waals surface area contributed by atoms with E-state index >= 15 is 0 Å². The summed E-state index contributed by atoms with van der Waals surface area (Å²) in [6.07, 6.45) is 5.43. The largest absolute Gasteiger partial charge is 0.489 e. The maximum atomic E-state index is 13.1. The number of hydrogen-bond acceptors (Lipinski definition) is 4. The minimum atomic E-state index is -3.62. The second-order valence-corrected chi connectivity index (χ2v) is 10.6. The molecule has 0 unspecified atom stereocenters. The van der Waals surface area contributed by atoms with E-state index in [2.05, 4.69) is 10.3 Å². The highest BCUT2D eigenvalue weighted by Crippen LogP contribution is 2.31. The number of carbonyl (C=O) groups is 1. The molecule has 0 bridgehead atoms. The number of para-hydroxylation sites is 1. The van der Waals surface area contributed by atoms with Crippen LogP contribution in [0.3, 0.4) is 0 Å². The summed E-state index contributed by atoms with van der Waals surface area (Å²) in [6.45, 7) is 4.83. The number of aromatic nitrogens is 1. The van der Waals surface area contributed by atoms with Gasteiger partial charge in [0, 0.05) is 36.6 Å². The highest BCUT2D eigenvalue weighted by molar-refractivity contribution is 7.89. The second kappa shape index (κ2) is 9.97. The molecule has 1 fully saturated rings. The van der Waals surface area contributed by atoms with Gasteiger partial charge in [-0.2, -0.15) is 4.31 Å². The number of H-pyrrole nitrogens is 1. The molecule has 4 rings (SSSR count). The molecule has 2 N–H and O–H groups in total. The van der Waals surface area contributed by atoms with Crippen molar-refractivity contribution in [1.82, 2.24) is 9.29 Å². The average Bonchev–Trinajstić information content (AvgIpc) is 3.22. The summed E-state index contributed by atoms with van der Waals surface area (Å²) in [5, 5.41) is 3.99. The molecule has 1 aliphatic heterocycles. The van der Waals surface area contributed by atoms with E-state index in [0.717, 1.165) is 35.7 Å².